The van der Waals surface area contributed by atoms with Gasteiger partial charge in [-0.3, -0.25) is 4.79 Å². The smallest absolute Gasteiger partial charge is 0.317 e. The lowest BCUT2D eigenvalue weighted by atomic mass is 9.72. The third kappa shape index (κ3) is 3.94. The lowest BCUT2D eigenvalue weighted by Gasteiger charge is -2.46. The number of methoxy groups -OCH3 is 1. The molecule has 2 fully saturated rings. The van der Waals surface area contributed by atoms with Crippen molar-refractivity contribution in [3.8, 4) is 5.75 Å². The molecule has 6 nitrogen and oxygen atoms in total. The highest BCUT2D eigenvalue weighted by atomic mass is 16.5. The Morgan fingerprint density at radius 2 is 1.85 bits per heavy atom. The number of likely N-dealkylation sites (tertiary alicyclic amines) is 2. The topological polar surface area (TPSA) is 61.9 Å². The van der Waals surface area contributed by atoms with Crippen LogP contribution < -0.4 is 10.1 Å². The molecule has 142 valence electrons. The van der Waals surface area contributed by atoms with E-state index in [1.165, 1.54) is 0 Å². The zero-order valence-electron chi connectivity index (χ0n) is 16.0. The number of nitrogens with zero attached hydrogens (tertiary/aromatic N) is 2. The van der Waals surface area contributed by atoms with Crippen LogP contribution in [0.3, 0.4) is 0 Å². The molecule has 1 unspecified atom stereocenters. The Labute approximate surface area is 155 Å². The van der Waals surface area contributed by atoms with Crippen molar-refractivity contribution in [2.45, 2.75) is 38.6 Å². The number of hydrogen-bond acceptors (Lipinski definition) is 3. The van der Waals surface area contributed by atoms with Crippen molar-refractivity contribution in [2.75, 3.05) is 33.8 Å². The molecule has 2 aliphatic rings. The maximum atomic E-state index is 12.6. The molecule has 0 bridgehead atoms. The number of rotatable bonds is 3. The lowest BCUT2D eigenvalue weighted by molar-refractivity contribution is -0.137. The summed E-state index contributed by atoms with van der Waals surface area (Å²) in [6.45, 7) is 4.32. The van der Waals surface area contributed by atoms with Crippen LogP contribution in [0.15, 0.2) is 24.3 Å². The number of benzene rings is 1. The predicted molar refractivity (Wildman–Crippen MR) is 100 cm³/mol. The number of ether oxygens (including phenoxy) is 1. The van der Waals surface area contributed by atoms with E-state index in [1.807, 2.05) is 48.0 Å². The zero-order valence-corrected chi connectivity index (χ0v) is 16.0. The Bertz CT molecular complexity index is 651. The van der Waals surface area contributed by atoms with Gasteiger partial charge in [0.25, 0.3) is 0 Å². The van der Waals surface area contributed by atoms with E-state index < -0.39 is 0 Å². The van der Waals surface area contributed by atoms with Crippen molar-refractivity contribution < 1.29 is 14.3 Å². The first-order chi connectivity index (χ1) is 12.4. The molecule has 0 saturated carbocycles. The normalized spacial score (nSPS) is 20.8. The summed E-state index contributed by atoms with van der Waals surface area (Å²) in [5.41, 5.74) is 1.25. The van der Waals surface area contributed by atoms with Gasteiger partial charge in [0, 0.05) is 33.1 Å². The van der Waals surface area contributed by atoms with Crippen molar-refractivity contribution in [1.29, 1.82) is 0 Å². The number of urea groups is 1. The first-order valence-corrected chi connectivity index (χ1v) is 9.36. The lowest BCUT2D eigenvalue weighted by Crippen LogP contribution is -2.53. The van der Waals surface area contributed by atoms with E-state index in [-0.39, 0.29) is 23.4 Å². The van der Waals surface area contributed by atoms with Crippen LogP contribution in [0.2, 0.25) is 0 Å². The minimum atomic E-state index is -0.0530. The first-order valence-electron chi connectivity index (χ1n) is 9.36. The zero-order chi connectivity index (χ0) is 18.7. The summed E-state index contributed by atoms with van der Waals surface area (Å²) in [5.74, 6) is 1.05. The van der Waals surface area contributed by atoms with Crippen LogP contribution in [0.1, 0.15) is 44.2 Å². The SMILES string of the molecule is COc1ccc(C(C)NC(=O)N2CCC3(CCC(=O)N(C)C3)CC2)cc1. The molecule has 2 saturated heterocycles. The largest absolute Gasteiger partial charge is 0.497 e. The minimum absolute atomic E-state index is 0.0107. The highest BCUT2D eigenvalue weighted by molar-refractivity contribution is 5.77. The van der Waals surface area contributed by atoms with Gasteiger partial charge in [-0.05, 0) is 49.3 Å². The number of carbonyl (C=O) groups excluding carboxylic acids is 2. The van der Waals surface area contributed by atoms with E-state index in [9.17, 15) is 9.59 Å². The molecular formula is C20H29N3O3. The van der Waals surface area contributed by atoms with Gasteiger partial charge < -0.3 is 19.9 Å². The molecule has 1 aromatic carbocycles. The molecule has 2 heterocycles. The number of carbonyl (C=O) groups is 2. The number of hydrogen-bond donors (Lipinski definition) is 1. The molecule has 2 aliphatic heterocycles. The molecule has 26 heavy (non-hydrogen) atoms. The van der Waals surface area contributed by atoms with Gasteiger partial charge >= 0.3 is 6.03 Å². The second kappa shape index (κ2) is 7.56. The van der Waals surface area contributed by atoms with Crippen LogP contribution in [-0.4, -0.2) is 55.5 Å². The Balaban J connectivity index is 1.52. The van der Waals surface area contributed by atoms with E-state index >= 15 is 0 Å². The van der Waals surface area contributed by atoms with Gasteiger partial charge in [0.2, 0.25) is 5.91 Å². The molecular weight excluding hydrogens is 330 g/mol. The van der Waals surface area contributed by atoms with Crippen molar-refractivity contribution in [3.63, 3.8) is 0 Å². The molecule has 0 radical (unpaired) electrons. The highest BCUT2D eigenvalue weighted by Gasteiger charge is 2.40. The maximum absolute atomic E-state index is 12.6. The van der Waals surface area contributed by atoms with Gasteiger partial charge in [-0.2, -0.15) is 0 Å². The van der Waals surface area contributed by atoms with Crippen LogP contribution in [0.25, 0.3) is 0 Å². The van der Waals surface area contributed by atoms with Crippen molar-refractivity contribution >= 4 is 11.9 Å². The molecule has 1 N–H and O–H groups in total. The molecule has 1 aromatic rings. The average molecular weight is 359 g/mol. The van der Waals surface area contributed by atoms with E-state index in [4.69, 9.17) is 4.74 Å². The molecule has 0 aliphatic carbocycles. The van der Waals surface area contributed by atoms with Crippen LogP contribution >= 0.6 is 0 Å². The molecule has 6 heteroatoms. The summed E-state index contributed by atoms with van der Waals surface area (Å²) in [6.07, 6.45) is 3.52. The average Bonchev–Trinajstić information content (AvgIpc) is 2.65. The Kier molecular flexibility index (Phi) is 5.39. The van der Waals surface area contributed by atoms with E-state index in [1.54, 1.807) is 7.11 Å². The number of piperidine rings is 2. The monoisotopic (exact) mass is 359 g/mol. The summed E-state index contributed by atoms with van der Waals surface area (Å²) in [5, 5.41) is 3.09. The van der Waals surface area contributed by atoms with Gasteiger partial charge in [0.1, 0.15) is 5.75 Å². The second-order valence-electron chi connectivity index (χ2n) is 7.68. The summed E-state index contributed by atoms with van der Waals surface area (Å²) in [4.78, 5) is 28.1. The van der Waals surface area contributed by atoms with Crippen LogP contribution in [0.4, 0.5) is 4.79 Å². The van der Waals surface area contributed by atoms with Crippen LogP contribution in [0.5, 0.6) is 5.75 Å². The van der Waals surface area contributed by atoms with Gasteiger partial charge in [0.15, 0.2) is 0 Å². The summed E-state index contributed by atoms with van der Waals surface area (Å²) < 4.78 is 5.17. The van der Waals surface area contributed by atoms with Gasteiger partial charge in [-0.25, -0.2) is 4.79 Å². The van der Waals surface area contributed by atoms with Crippen LogP contribution in [0, 0.1) is 5.41 Å². The fourth-order valence-electron chi connectivity index (χ4n) is 4.08. The third-order valence-corrected chi connectivity index (χ3v) is 5.93. The summed E-state index contributed by atoms with van der Waals surface area (Å²) in [7, 11) is 3.53. The fraction of sp³-hybridized carbons (Fsp3) is 0.600. The van der Waals surface area contributed by atoms with Crippen molar-refractivity contribution in [2.24, 2.45) is 5.41 Å². The Morgan fingerprint density at radius 1 is 1.19 bits per heavy atom. The third-order valence-electron chi connectivity index (χ3n) is 5.93. The standard InChI is InChI=1S/C20H29N3O3/c1-15(16-4-6-17(26-3)7-5-16)21-19(25)23-12-10-20(11-13-23)9-8-18(24)22(2)14-20/h4-7,15H,8-14H2,1-3H3,(H,21,25). The first kappa shape index (κ1) is 18.5. The predicted octanol–water partition coefficient (Wildman–Crippen LogP) is 2.80. The molecule has 3 amide bonds. The van der Waals surface area contributed by atoms with E-state index in [2.05, 4.69) is 5.32 Å². The number of nitrogens with one attached hydrogen (secondary N) is 1. The second-order valence-corrected chi connectivity index (χ2v) is 7.68. The fourth-order valence-corrected chi connectivity index (χ4v) is 4.08. The molecule has 0 aromatic heterocycles. The quantitative estimate of drug-likeness (QED) is 0.903. The maximum Gasteiger partial charge on any atom is 0.317 e. The molecule has 1 spiro atoms. The van der Waals surface area contributed by atoms with Crippen LogP contribution in [-0.2, 0) is 4.79 Å². The summed E-state index contributed by atoms with van der Waals surface area (Å²) >= 11 is 0. The van der Waals surface area contributed by atoms with Crippen molar-refractivity contribution in [3.05, 3.63) is 29.8 Å². The Hall–Kier alpha value is -2.24. The summed E-state index contributed by atoms with van der Waals surface area (Å²) in [6, 6.07) is 7.70. The van der Waals surface area contributed by atoms with Crippen molar-refractivity contribution in [1.82, 2.24) is 15.1 Å². The van der Waals surface area contributed by atoms with E-state index in [0.717, 1.165) is 50.2 Å². The van der Waals surface area contributed by atoms with E-state index in [0.29, 0.717) is 6.42 Å². The van der Waals surface area contributed by atoms with Gasteiger partial charge in [-0.15, -0.1) is 0 Å². The molecule has 3 rings (SSSR count). The van der Waals surface area contributed by atoms with Gasteiger partial charge in [-0.1, -0.05) is 12.1 Å². The molecule has 1 atom stereocenters. The van der Waals surface area contributed by atoms with Gasteiger partial charge in [0.05, 0.1) is 13.2 Å². The number of amides is 3. The highest BCUT2D eigenvalue weighted by Crippen LogP contribution is 2.39. The minimum Gasteiger partial charge on any atom is -0.497 e. The Morgan fingerprint density at radius 3 is 2.42 bits per heavy atom.